The molecule has 0 radical (unpaired) electrons. The number of anilines is 1. The highest BCUT2D eigenvalue weighted by molar-refractivity contribution is 7.80. The first-order valence-corrected chi connectivity index (χ1v) is 7.94. The molecule has 0 aliphatic carbocycles. The molecule has 114 valence electrons. The Labute approximate surface area is 131 Å². The molecule has 2 rings (SSSR count). The van der Waals surface area contributed by atoms with Crippen molar-refractivity contribution in [2.45, 2.75) is 38.6 Å². The molecular weight excluding hydrogens is 282 g/mol. The minimum absolute atomic E-state index is 0.0402. The zero-order valence-electron chi connectivity index (χ0n) is 12.5. The van der Waals surface area contributed by atoms with Crippen molar-refractivity contribution in [3.8, 4) is 0 Å². The van der Waals surface area contributed by atoms with Crippen LogP contribution >= 0.6 is 12.2 Å². The topological polar surface area (TPSA) is 58.4 Å². The summed E-state index contributed by atoms with van der Waals surface area (Å²) in [6.45, 7) is 3.68. The number of amides is 1. The van der Waals surface area contributed by atoms with E-state index in [0.717, 1.165) is 24.2 Å². The summed E-state index contributed by atoms with van der Waals surface area (Å²) in [6, 6.07) is 7.86. The maximum atomic E-state index is 12.2. The van der Waals surface area contributed by atoms with E-state index in [1.807, 2.05) is 24.3 Å². The number of hydrogen-bond acceptors (Lipinski definition) is 3. The number of benzene rings is 1. The summed E-state index contributed by atoms with van der Waals surface area (Å²) in [4.78, 5) is 14.8. The number of hydrogen-bond donors (Lipinski definition) is 2. The number of carbonyl (C=O) groups excluding carboxylic acids is 1. The maximum Gasteiger partial charge on any atom is 0.238 e. The zero-order chi connectivity index (χ0) is 15.2. The van der Waals surface area contributed by atoms with Gasteiger partial charge in [0.05, 0.1) is 6.54 Å². The quantitative estimate of drug-likeness (QED) is 0.821. The van der Waals surface area contributed by atoms with E-state index >= 15 is 0 Å². The summed E-state index contributed by atoms with van der Waals surface area (Å²) in [6.07, 6.45) is 4.77. The van der Waals surface area contributed by atoms with Gasteiger partial charge in [0, 0.05) is 17.3 Å². The first-order chi connectivity index (χ1) is 10.1. The molecular formula is C16H23N3OS. The number of thiocarbonyl (C=S) groups is 1. The predicted octanol–water partition coefficient (Wildman–Crippen LogP) is 2.52. The van der Waals surface area contributed by atoms with E-state index in [9.17, 15) is 4.79 Å². The molecule has 1 heterocycles. The molecule has 0 saturated carbocycles. The Kier molecular flexibility index (Phi) is 5.70. The first-order valence-electron chi connectivity index (χ1n) is 7.54. The number of nitrogens with zero attached hydrogens (tertiary/aromatic N) is 1. The Bertz CT molecular complexity index is 501. The molecule has 3 N–H and O–H groups in total. The van der Waals surface area contributed by atoms with E-state index in [1.165, 1.54) is 19.3 Å². The highest BCUT2D eigenvalue weighted by atomic mass is 32.1. The van der Waals surface area contributed by atoms with Gasteiger partial charge < -0.3 is 11.1 Å². The average Bonchev–Trinajstić information content (AvgIpc) is 2.48. The Morgan fingerprint density at radius 2 is 2.10 bits per heavy atom. The number of carbonyl (C=O) groups is 1. The fourth-order valence-corrected chi connectivity index (χ4v) is 2.97. The minimum Gasteiger partial charge on any atom is -0.389 e. The third-order valence-electron chi connectivity index (χ3n) is 4.02. The zero-order valence-corrected chi connectivity index (χ0v) is 13.3. The summed E-state index contributed by atoms with van der Waals surface area (Å²) in [7, 11) is 0. The van der Waals surface area contributed by atoms with Crippen molar-refractivity contribution < 1.29 is 4.79 Å². The van der Waals surface area contributed by atoms with Crippen molar-refractivity contribution >= 4 is 28.8 Å². The first kappa shape index (κ1) is 15.9. The number of rotatable bonds is 5. The lowest BCUT2D eigenvalue weighted by Gasteiger charge is -2.34. The molecule has 1 saturated heterocycles. The number of piperidine rings is 1. The lowest BCUT2D eigenvalue weighted by Crippen LogP contribution is -2.43. The van der Waals surface area contributed by atoms with Crippen LogP contribution in [-0.4, -0.2) is 34.9 Å². The number of nitrogens with one attached hydrogen (secondary N) is 1. The molecule has 0 bridgehead atoms. The molecule has 4 nitrogen and oxygen atoms in total. The highest BCUT2D eigenvalue weighted by Gasteiger charge is 2.22. The predicted molar refractivity (Wildman–Crippen MR) is 90.5 cm³/mol. The number of nitrogens with two attached hydrogens (primary N) is 1. The van der Waals surface area contributed by atoms with E-state index < -0.39 is 0 Å². The molecule has 0 spiro atoms. The van der Waals surface area contributed by atoms with Crippen molar-refractivity contribution in [2.24, 2.45) is 5.73 Å². The Morgan fingerprint density at radius 1 is 1.38 bits per heavy atom. The molecule has 1 atom stereocenters. The molecule has 1 aromatic carbocycles. The lowest BCUT2D eigenvalue weighted by atomic mass is 10.00. The smallest absolute Gasteiger partial charge is 0.238 e. The second-order valence-electron chi connectivity index (χ2n) is 5.52. The van der Waals surface area contributed by atoms with Crippen LogP contribution in [0.5, 0.6) is 0 Å². The van der Waals surface area contributed by atoms with Gasteiger partial charge in [-0.05, 0) is 50.1 Å². The minimum atomic E-state index is 0.0402. The Balaban J connectivity index is 1.90. The van der Waals surface area contributed by atoms with Crippen LogP contribution in [0.4, 0.5) is 5.69 Å². The highest BCUT2D eigenvalue weighted by Crippen LogP contribution is 2.19. The standard InChI is InChI=1S/C16H23N3OS/c1-2-14-5-3-4-10-19(14)11-15(20)18-13-8-6-12(7-9-13)16(17)21/h6-9,14H,2-5,10-11H2,1H3,(H2,17,21)(H,18,20). The Hall–Kier alpha value is -1.46. The van der Waals surface area contributed by atoms with Crippen LogP contribution in [0.3, 0.4) is 0 Å². The molecule has 1 unspecified atom stereocenters. The monoisotopic (exact) mass is 305 g/mol. The van der Waals surface area contributed by atoms with Crippen molar-refractivity contribution in [1.82, 2.24) is 4.90 Å². The van der Waals surface area contributed by atoms with Crippen LogP contribution in [0, 0.1) is 0 Å². The molecule has 1 amide bonds. The van der Waals surface area contributed by atoms with E-state index in [-0.39, 0.29) is 5.91 Å². The maximum absolute atomic E-state index is 12.2. The Morgan fingerprint density at radius 3 is 2.71 bits per heavy atom. The normalized spacial score (nSPS) is 19.2. The van der Waals surface area contributed by atoms with Gasteiger partial charge in [-0.2, -0.15) is 0 Å². The fraction of sp³-hybridized carbons (Fsp3) is 0.500. The van der Waals surface area contributed by atoms with E-state index in [4.69, 9.17) is 18.0 Å². The van der Waals surface area contributed by atoms with Gasteiger partial charge in [0.15, 0.2) is 0 Å². The fourth-order valence-electron chi connectivity index (χ4n) is 2.83. The van der Waals surface area contributed by atoms with E-state index in [2.05, 4.69) is 17.1 Å². The molecule has 1 aliphatic rings. The molecule has 0 aromatic heterocycles. The molecule has 5 heteroatoms. The van der Waals surface area contributed by atoms with Gasteiger partial charge in [-0.15, -0.1) is 0 Å². The average molecular weight is 305 g/mol. The van der Waals surface area contributed by atoms with Crippen molar-refractivity contribution in [3.63, 3.8) is 0 Å². The van der Waals surface area contributed by atoms with Gasteiger partial charge >= 0.3 is 0 Å². The summed E-state index contributed by atoms with van der Waals surface area (Å²) >= 11 is 4.91. The van der Waals surface area contributed by atoms with Gasteiger partial charge in [-0.1, -0.05) is 25.6 Å². The summed E-state index contributed by atoms with van der Waals surface area (Å²) in [5.41, 5.74) is 7.15. The number of likely N-dealkylation sites (tertiary alicyclic amines) is 1. The molecule has 1 aromatic rings. The summed E-state index contributed by atoms with van der Waals surface area (Å²) in [5, 5.41) is 2.94. The lowest BCUT2D eigenvalue weighted by molar-refractivity contribution is -0.118. The van der Waals surface area contributed by atoms with Gasteiger partial charge in [-0.25, -0.2) is 0 Å². The van der Waals surface area contributed by atoms with Gasteiger partial charge in [0.1, 0.15) is 4.99 Å². The van der Waals surface area contributed by atoms with Crippen LogP contribution in [0.25, 0.3) is 0 Å². The molecule has 1 fully saturated rings. The van der Waals surface area contributed by atoms with Gasteiger partial charge in [-0.3, -0.25) is 9.69 Å². The van der Waals surface area contributed by atoms with Crippen LogP contribution in [0.2, 0.25) is 0 Å². The van der Waals surface area contributed by atoms with Gasteiger partial charge in [0.2, 0.25) is 5.91 Å². The third-order valence-corrected chi connectivity index (χ3v) is 4.26. The molecule has 1 aliphatic heterocycles. The molecule has 21 heavy (non-hydrogen) atoms. The van der Waals surface area contributed by atoms with E-state index in [1.54, 1.807) is 0 Å². The van der Waals surface area contributed by atoms with Crippen molar-refractivity contribution in [1.29, 1.82) is 0 Å². The van der Waals surface area contributed by atoms with Crippen LogP contribution in [0.1, 0.15) is 38.2 Å². The SMILES string of the molecule is CCC1CCCCN1CC(=O)Nc1ccc(C(N)=S)cc1. The third kappa shape index (κ3) is 4.51. The summed E-state index contributed by atoms with van der Waals surface area (Å²) < 4.78 is 0. The van der Waals surface area contributed by atoms with Crippen molar-refractivity contribution in [3.05, 3.63) is 29.8 Å². The van der Waals surface area contributed by atoms with Crippen LogP contribution in [0.15, 0.2) is 24.3 Å². The second kappa shape index (κ2) is 7.52. The largest absolute Gasteiger partial charge is 0.389 e. The second-order valence-corrected chi connectivity index (χ2v) is 5.96. The van der Waals surface area contributed by atoms with Crippen LogP contribution in [-0.2, 0) is 4.79 Å². The van der Waals surface area contributed by atoms with Crippen LogP contribution < -0.4 is 11.1 Å². The summed E-state index contributed by atoms with van der Waals surface area (Å²) in [5.74, 6) is 0.0402. The van der Waals surface area contributed by atoms with E-state index in [0.29, 0.717) is 17.6 Å². The van der Waals surface area contributed by atoms with Crippen molar-refractivity contribution in [2.75, 3.05) is 18.4 Å². The van der Waals surface area contributed by atoms with Gasteiger partial charge in [0.25, 0.3) is 0 Å².